The Kier molecular flexibility index (Phi) is 6.15. The van der Waals surface area contributed by atoms with Crippen molar-refractivity contribution in [2.24, 2.45) is 0 Å². The van der Waals surface area contributed by atoms with Gasteiger partial charge in [0.25, 0.3) is 0 Å². The maximum absolute atomic E-state index is 6.77. The molecule has 3 aromatic heterocycles. The Bertz CT molecular complexity index is 2770. The first-order chi connectivity index (χ1) is 24.3. The van der Waals surface area contributed by atoms with E-state index < -0.39 is 0 Å². The number of para-hydroxylation sites is 3. The number of rotatable bonds is 5. The second kappa shape index (κ2) is 11.0. The van der Waals surface area contributed by atoms with Crippen LogP contribution in [0.5, 0.6) is 0 Å². The molecule has 0 atom stereocenters. The zero-order chi connectivity index (χ0) is 32.3. The SMILES string of the molecule is c1ccc(-c2cc(-c3ccccc3)n(-c3cccc(-c4cccc5oc6c(-n7c8ccccc8c8ccccc87)cccc6c45)c3)n2)cc1. The molecule has 0 aliphatic heterocycles. The van der Waals surface area contributed by atoms with Gasteiger partial charge in [-0.25, -0.2) is 4.68 Å². The van der Waals surface area contributed by atoms with E-state index in [1.165, 1.54) is 10.8 Å². The van der Waals surface area contributed by atoms with E-state index in [1.807, 2.05) is 12.1 Å². The Labute approximate surface area is 282 Å². The topological polar surface area (TPSA) is 35.9 Å². The number of hydrogen-bond acceptors (Lipinski definition) is 2. The normalized spacial score (nSPS) is 11.7. The minimum Gasteiger partial charge on any atom is -0.454 e. The summed E-state index contributed by atoms with van der Waals surface area (Å²) in [7, 11) is 0. The quantitative estimate of drug-likeness (QED) is 0.190. The molecular weight excluding hydrogens is 599 g/mol. The average Bonchev–Trinajstić information content (AvgIpc) is 3.88. The van der Waals surface area contributed by atoms with Crippen molar-refractivity contribution in [2.45, 2.75) is 0 Å². The van der Waals surface area contributed by atoms with E-state index in [2.05, 4.69) is 173 Å². The fourth-order valence-electron chi connectivity index (χ4n) is 7.38. The highest BCUT2D eigenvalue weighted by Crippen LogP contribution is 2.41. The van der Waals surface area contributed by atoms with Gasteiger partial charge in [-0.15, -0.1) is 0 Å². The summed E-state index contributed by atoms with van der Waals surface area (Å²) in [5, 5.41) is 9.80. The Morgan fingerprint density at radius 3 is 1.84 bits per heavy atom. The number of benzene rings is 7. The molecule has 4 nitrogen and oxygen atoms in total. The van der Waals surface area contributed by atoms with E-state index in [9.17, 15) is 0 Å². The number of aromatic nitrogens is 3. The van der Waals surface area contributed by atoms with Gasteiger partial charge in [0.2, 0.25) is 0 Å². The van der Waals surface area contributed by atoms with Crippen molar-refractivity contribution in [3.8, 4) is 45.0 Å². The van der Waals surface area contributed by atoms with Crippen molar-refractivity contribution in [1.82, 2.24) is 14.3 Å². The van der Waals surface area contributed by atoms with Gasteiger partial charge in [0.15, 0.2) is 5.58 Å². The average molecular weight is 628 g/mol. The molecule has 49 heavy (non-hydrogen) atoms. The van der Waals surface area contributed by atoms with Crippen LogP contribution in [0.25, 0.3) is 88.8 Å². The highest BCUT2D eigenvalue weighted by Gasteiger charge is 2.20. The number of hydrogen-bond donors (Lipinski definition) is 0. The zero-order valence-corrected chi connectivity index (χ0v) is 26.5. The number of nitrogens with zero attached hydrogens (tertiary/aromatic N) is 3. The third-order valence-electron chi connectivity index (χ3n) is 9.57. The molecule has 0 N–H and O–H groups in total. The Balaban J connectivity index is 1.17. The zero-order valence-electron chi connectivity index (χ0n) is 26.5. The summed E-state index contributed by atoms with van der Waals surface area (Å²) >= 11 is 0. The van der Waals surface area contributed by atoms with Gasteiger partial charge in [0.1, 0.15) is 5.58 Å². The number of fused-ring (bicyclic) bond motifs is 6. The van der Waals surface area contributed by atoms with Gasteiger partial charge in [-0.2, -0.15) is 5.10 Å². The lowest BCUT2D eigenvalue weighted by molar-refractivity contribution is 0.666. The van der Waals surface area contributed by atoms with Crippen molar-refractivity contribution in [2.75, 3.05) is 0 Å². The van der Waals surface area contributed by atoms with Crippen LogP contribution in [0, 0.1) is 0 Å². The lowest BCUT2D eigenvalue weighted by Crippen LogP contribution is -1.99. The summed E-state index contributed by atoms with van der Waals surface area (Å²) in [6, 6.07) is 61.7. The van der Waals surface area contributed by atoms with Gasteiger partial charge in [-0.05, 0) is 53.6 Å². The minimum absolute atomic E-state index is 0.863. The third kappa shape index (κ3) is 4.35. The first kappa shape index (κ1) is 27.5. The molecule has 3 heterocycles. The fourth-order valence-corrected chi connectivity index (χ4v) is 7.38. The largest absolute Gasteiger partial charge is 0.454 e. The fraction of sp³-hybridized carbons (Fsp3) is 0. The standard InChI is InChI=1S/C45H29N3O/c1-3-14-30(15-4-1)38-29-42(31-16-5-2-6-17-31)48(46-38)33-19-11-18-32(28-33)34-22-13-27-43-44(34)37-23-12-26-41(45(37)49-43)47-39-24-9-7-20-35(39)36-21-8-10-25-40(36)47/h1-29H. The van der Waals surface area contributed by atoms with E-state index >= 15 is 0 Å². The second-order valence-electron chi connectivity index (χ2n) is 12.4. The maximum atomic E-state index is 6.77. The van der Waals surface area contributed by atoms with Crippen LogP contribution in [0.15, 0.2) is 180 Å². The predicted octanol–water partition coefficient (Wildman–Crippen LogP) is 11.9. The van der Waals surface area contributed by atoms with Crippen molar-refractivity contribution in [1.29, 1.82) is 0 Å². The minimum atomic E-state index is 0.863. The lowest BCUT2D eigenvalue weighted by Gasteiger charge is -2.11. The van der Waals surface area contributed by atoms with E-state index in [0.29, 0.717) is 0 Å². The Morgan fingerprint density at radius 2 is 1.08 bits per heavy atom. The van der Waals surface area contributed by atoms with Gasteiger partial charge < -0.3 is 8.98 Å². The highest BCUT2D eigenvalue weighted by molar-refractivity contribution is 6.16. The lowest BCUT2D eigenvalue weighted by atomic mass is 9.98. The summed E-state index contributed by atoms with van der Waals surface area (Å²) in [5.74, 6) is 0. The van der Waals surface area contributed by atoms with E-state index in [-0.39, 0.29) is 0 Å². The van der Waals surface area contributed by atoms with Gasteiger partial charge in [-0.3, -0.25) is 0 Å². The molecule has 0 saturated heterocycles. The van der Waals surface area contributed by atoms with E-state index in [0.717, 1.165) is 78.0 Å². The van der Waals surface area contributed by atoms with Crippen LogP contribution < -0.4 is 0 Å². The van der Waals surface area contributed by atoms with Crippen LogP contribution >= 0.6 is 0 Å². The second-order valence-corrected chi connectivity index (χ2v) is 12.4. The van der Waals surface area contributed by atoms with Crippen LogP contribution in [-0.2, 0) is 0 Å². The van der Waals surface area contributed by atoms with Crippen molar-refractivity contribution in [3.05, 3.63) is 176 Å². The van der Waals surface area contributed by atoms with Crippen LogP contribution in [0.4, 0.5) is 0 Å². The van der Waals surface area contributed by atoms with E-state index in [1.54, 1.807) is 0 Å². The van der Waals surface area contributed by atoms with Crippen molar-refractivity contribution >= 4 is 43.7 Å². The highest BCUT2D eigenvalue weighted by atomic mass is 16.3. The molecule has 7 aromatic carbocycles. The van der Waals surface area contributed by atoms with E-state index in [4.69, 9.17) is 9.52 Å². The Hall–Kier alpha value is -6.65. The van der Waals surface area contributed by atoms with Gasteiger partial charge in [-0.1, -0.05) is 133 Å². The van der Waals surface area contributed by atoms with Gasteiger partial charge in [0.05, 0.1) is 33.8 Å². The first-order valence-corrected chi connectivity index (χ1v) is 16.6. The van der Waals surface area contributed by atoms with Crippen molar-refractivity contribution in [3.63, 3.8) is 0 Å². The molecule has 0 bridgehead atoms. The van der Waals surface area contributed by atoms with Crippen LogP contribution in [0.1, 0.15) is 0 Å². The van der Waals surface area contributed by atoms with Crippen LogP contribution in [-0.4, -0.2) is 14.3 Å². The third-order valence-corrected chi connectivity index (χ3v) is 9.57. The molecule has 0 spiro atoms. The van der Waals surface area contributed by atoms with Crippen LogP contribution in [0.3, 0.4) is 0 Å². The van der Waals surface area contributed by atoms with Crippen LogP contribution in [0.2, 0.25) is 0 Å². The molecule has 0 aliphatic rings. The molecule has 0 saturated carbocycles. The molecule has 10 aromatic rings. The van der Waals surface area contributed by atoms with Gasteiger partial charge >= 0.3 is 0 Å². The summed E-state index contributed by atoms with van der Waals surface area (Å²) in [6.45, 7) is 0. The van der Waals surface area contributed by atoms with Crippen molar-refractivity contribution < 1.29 is 4.42 Å². The molecule has 0 amide bonds. The molecule has 0 radical (unpaired) electrons. The smallest absolute Gasteiger partial charge is 0.159 e. The molecule has 4 heteroatoms. The molecule has 0 unspecified atom stereocenters. The maximum Gasteiger partial charge on any atom is 0.159 e. The monoisotopic (exact) mass is 627 g/mol. The summed E-state index contributed by atoms with van der Waals surface area (Å²) in [4.78, 5) is 0. The molecule has 10 rings (SSSR count). The Morgan fingerprint density at radius 1 is 0.469 bits per heavy atom. The number of furan rings is 1. The predicted molar refractivity (Wildman–Crippen MR) is 201 cm³/mol. The molecule has 230 valence electrons. The molecule has 0 aliphatic carbocycles. The molecular formula is C45H29N3O. The first-order valence-electron chi connectivity index (χ1n) is 16.6. The summed E-state index contributed by atoms with van der Waals surface area (Å²) < 4.78 is 11.2. The molecule has 0 fully saturated rings. The summed E-state index contributed by atoms with van der Waals surface area (Å²) in [5.41, 5.74) is 12.5. The van der Waals surface area contributed by atoms with Gasteiger partial charge in [0, 0.05) is 32.7 Å². The summed E-state index contributed by atoms with van der Waals surface area (Å²) in [6.07, 6.45) is 0.